The third kappa shape index (κ3) is 6.63. The van der Waals surface area contributed by atoms with Crippen molar-refractivity contribution < 1.29 is 18.3 Å². The third-order valence-electron chi connectivity index (χ3n) is 5.64. The highest BCUT2D eigenvalue weighted by molar-refractivity contribution is 7.80. The van der Waals surface area contributed by atoms with Gasteiger partial charge in [0.25, 0.3) is 0 Å². The molecule has 1 saturated heterocycles. The average molecular weight is 444 g/mol. The van der Waals surface area contributed by atoms with Gasteiger partial charge in [0.15, 0.2) is 0 Å². The van der Waals surface area contributed by atoms with Crippen molar-refractivity contribution in [3.05, 3.63) is 54.1 Å². The van der Waals surface area contributed by atoms with E-state index in [4.69, 9.17) is 4.74 Å². The molecule has 0 saturated carbocycles. The minimum absolute atomic E-state index is 0.293. The number of hydrogen-bond donors (Lipinski definition) is 0. The Hall–Kier alpha value is -2.22. The summed E-state index contributed by atoms with van der Waals surface area (Å²) in [6.45, 7) is 7.70. The van der Waals surface area contributed by atoms with Crippen molar-refractivity contribution in [2.45, 2.75) is 52.2 Å². The molecule has 6 nitrogen and oxygen atoms in total. The predicted molar refractivity (Wildman–Crippen MR) is 123 cm³/mol. The Morgan fingerprint density at radius 1 is 1.16 bits per heavy atom. The van der Waals surface area contributed by atoms with Crippen molar-refractivity contribution >= 4 is 22.9 Å². The van der Waals surface area contributed by atoms with Gasteiger partial charge in [0, 0.05) is 29.5 Å². The van der Waals surface area contributed by atoms with Gasteiger partial charge in [-0.3, -0.25) is 13.3 Å². The number of carbonyl (C=O) groups excluding carboxylic acids is 1. The lowest BCUT2D eigenvalue weighted by Crippen LogP contribution is -2.33. The monoisotopic (exact) mass is 443 g/mol. The van der Waals surface area contributed by atoms with Gasteiger partial charge in [0.1, 0.15) is 6.54 Å². The van der Waals surface area contributed by atoms with E-state index in [9.17, 15) is 13.6 Å². The second-order valence-electron chi connectivity index (χ2n) is 8.31. The third-order valence-corrected chi connectivity index (χ3v) is 6.34. The van der Waals surface area contributed by atoms with Crippen LogP contribution in [0.3, 0.4) is 0 Å². The van der Waals surface area contributed by atoms with Gasteiger partial charge < -0.3 is 14.2 Å². The summed E-state index contributed by atoms with van der Waals surface area (Å²) in [6, 6.07) is 16.3. The second-order valence-corrected chi connectivity index (χ2v) is 9.19. The molecule has 0 spiro atoms. The molecule has 0 radical (unpaired) electrons. The van der Waals surface area contributed by atoms with Crippen molar-refractivity contribution in [1.82, 2.24) is 4.90 Å². The molecule has 1 heterocycles. The van der Waals surface area contributed by atoms with E-state index in [1.165, 1.54) is 24.9 Å². The minimum atomic E-state index is -2.57. The molecule has 3 rings (SSSR count). The van der Waals surface area contributed by atoms with Gasteiger partial charge in [-0.2, -0.15) is 0 Å². The van der Waals surface area contributed by atoms with E-state index in [2.05, 4.69) is 36.1 Å². The van der Waals surface area contributed by atoms with Crippen molar-refractivity contribution in [3.63, 3.8) is 0 Å². The summed E-state index contributed by atoms with van der Waals surface area (Å²) in [7, 11) is 0. The molecule has 1 fully saturated rings. The summed E-state index contributed by atoms with van der Waals surface area (Å²) in [5.41, 5.74) is 3.80. The normalized spacial score (nSPS) is 17.6. The summed E-state index contributed by atoms with van der Waals surface area (Å²) in [4.78, 5) is 14.4. The van der Waals surface area contributed by atoms with Crippen LogP contribution in [0.15, 0.2) is 48.5 Å². The van der Waals surface area contributed by atoms with Gasteiger partial charge in [-0.25, -0.2) is 0 Å². The van der Waals surface area contributed by atoms with E-state index in [0.717, 1.165) is 28.4 Å². The number of likely N-dealkylation sites (tertiary alicyclic amines) is 1. The zero-order chi connectivity index (χ0) is 22.4. The lowest BCUT2D eigenvalue weighted by molar-refractivity contribution is -0.145. The molecule has 31 heavy (non-hydrogen) atoms. The van der Waals surface area contributed by atoms with Crippen LogP contribution >= 0.6 is 0 Å². The van der Waals surface area contributed by atoms with Gasteiger partial charge in [-0.15, -0.1) is 0 Å². The molecule has 7 heteroatoms. The highest BCUT2D eigenvalue weighted by atomic mass is 32.2. The van der Waals surface area contributed by atoms with Crippen LogP contribution in [0.4, 0.5) is 5.69 Å². The molecule has 0 aliphatic carbocycles. The SMILES string of the molecule is CC(C)OC(=O)CN(c1ccc(-c2ccc(CCN3CCCC3C)cc2)cc1)S(=O)[O-]. The molecule has 2 unspecified atom stereocenters. The topological polar surface area (TPSA) is 72.9 Å². The maximum Gasteiger partial charge on any atom is 0.326 e. The van der Waals surface area contributed by atoms with E-state index < -0.39 is 17.2 Å². The van der Waals surface area contributed by atoms with Gasteiger partial charge in [-0.05, 0) is 75.4 Å². The number of rotatable bonds is 9. The highest BCUT2D eigenvalue weighted by Crippen LogP contribution is 2.25. The molecular weight excluding hydrogens is 412 g/mol. The Balaban J connectivity index is 1.63. The summed E-state index contributed by atoms with van der Waals surface area (Å²) >= 11 is -2.57. The summed E-state index contributed by atoms with van der Waals surface area (Å²) in [5, 5.41) is 0. The van der Waals surface area contributed by atoms with Crippen molar-refractivity contribution in [3.8, 4) is 11.1 Å². The predicted octanol–water partition coefficient (Wildman–Crippen LogP) is 3.93. The second kappa shape index (κ2) is 10.9. The van der Waals surface area contributed by atoms with Gasteiger partial charge in [-0.1, -0.05) is 36.4 Å². The number of ether oxygens (including phenoxy) is 1. The molecule has 1 aliphatic rings. The van der Waals surface area contributed by atoms with E-state index in [1.54, 1.807) is 26.0 Å². The molecule has 0 N–H and O–H groups in total. The number of esters is 1. The molecule has 0 aromatic heterocycles. The first kappa shape index (κ1) is 23.4. The fourth-order valence-corrected chi connectivity index (χ4v) is 4.43. The zero-order valence-corrected chi connectivity index (χ0v) is 19.3. The van der Waals surface area contributed by atoms with Crippen LogP contribution in [0.25, 0.3) is 11.1 Å². The molecule has 0 bridgehead atoms. The highest BCUT2D eigenvalue weighted by Gasteiger charge is 2.19. The molecule has 2 aromatic carbocycles. The summed E-state index contributed by atoms with van der Waals surface area (Å²) in [6.07, 6.45) is 3.34. The molecule has 1 aliphatic heterocycles. The Morgan fingerprint density at radius 2 is 1.77 bits per heavy atom. The first-order valence-electron chi connectivity index (χ1n) is 10.8. The number of carbonyl (C=O) groups is 1. The van der Waals surface area contributed by atoms with E-state index >= 15 is 0 Å². The molecule has 2 atom stereocenters. The number of hydrogen-bond acceptors (Lipinski definition) is 5. The smallest absolute Gasteiger partial charge is 0.326 e. The van der Waals surface area contributed by atoms with E-state index in [-0.39, 0.29) is 12.6 Å². The van der Waals surface area contributed by atoms with Gasteiger partial charge in [0.2, 0.25) is 0 Å². The lowest BCUT2D eigenvalue weighted by Gasteiger charge is -2.26. The zero-order valence-electron chi connectivity index (χ0n) is 18.5. The van der Waals surface area contributed by atoms with Crippen LogP contribution in [0.2, 0.25) is 0 Å². The molecule has 168 valence electrons. The van der Waals surface area contributed by atoms with Crippen LogP contribution in [0, 0.1) is 0 Å². The maximum absolute atomic E-state index is 11.9. The lowest BCUT2D eigenvalue weighted by atomic mass is 10.0. The van der Waals surface area contributed by atoms with Crippen molar-refractivity contribution in [2.75, 3.05) is 23.9 Å². The van der Waals surface area contributed by atoms with Crippen molar-refractivity contribution in [1.29, 1.82) is 0 Å². The first-order valence-corrected chi connectivity index (χ1v) is 11.9. The van der Waals surface area contributed by atoms with Crippen LogP contribution in [-0.2, 0) is 27.2 Å². The van der Waals surface area contributed by atoms with Gasteiger partial charge >= 0.3 is 5.97 Å². The Labute approximate surface area is 187 Å². The molecule has 2 aromatic rings. The van der Waals surface area contributed by atoms with Crippen LogP contribution in [0.5, 0.6) is 0 Å². The average Bonchev–Trinajstić information content (AvgIpc) is 3.15. The standard InChI is InChI=1S/C24H32N2O4S/c1-18(2)30-24(27)17-26(31(28)29)23-12-10-22(11-13-23)21-8-6-20(7-9-21)14-16-25-15-4-5-19(25)3/h6-13,18-19H,4-5,14-17H2,1-3H3,(H,28,29)/p-1. The quantitative estimate of drug-likeness (QED) is 0.434. The number of nitrogens with zero attached hydrogens (tertiary/aromatic N) is 2. The number of benzene rings is 2. The summed E-state index contributed by atoms with van der Waals surface area (Å²) < 4.78 is 29.3. The summed E-state index contributed by atoms with van der Waals surface area (Å²) in [5.74, 6) is -0.581. The van der Waals surface area contributed by atoms with Crippen LogP contribution < -0.4 is 4.31 Å². The minimum Gasteiger partial charge on any atom is -0.755 e. The Kier molecular flexibility index (Phi) is 8.23. The van der Waals surface area contributed by atoms with Gasteiger partial charge in [0.05, 0.1) is 6.10 Å². The van der Waals surface area contributed by atoms with Crippen molar-refractivity contribution in [2.24, 2.45) is 0 Å². The fraction of sp³-hybridized carbons (Fsp3) is 0.458. The van der Waals surface area contributed by atoms with E-state index in [0.29, 0.717) is 11.7 Å². The Bertz CT molecular complexity index is 883. The largest absolute Gasteiger partial charge is 0.755 e. The molecule has 0 amide bonds. The fourth-order valence-electron chi connectivity index (χ4n) is 3.93. The Morgan fingerprint density at radius 3 is 2.29 bits per heavy atom. The van der Waals surface area contributed by atoms with Crippen LogP contribution in [0.1, 0.15) is 39.2 Å². The first-order chi connectivity index (χ1) is 14.8. The van der Waals surface area contributed by atoms with Crippen LogP contribution in [-0.4, -0.2) is 51.4 Å². The van der Waals surface area contributed by atoms with E-state index in [1.807, 2.05) is 12.1 Å². The molecular formula is C24H31N2O4S-. The number of anilines is 1. The maximum atomic E-state index is 11.9.